The standard InChI is InChI=1S/C12H18N4O2/c13-11(17)4-7-16(8-5-12(14)18)9-10-3-1-2-6-15-10/h1-3,6H,4-5,7-9H2,(H2,13,17)(H2,14,18). The Balaban J connectivity index is 2.53. The lowest BCUT2D eigenvalue weighted by Crippen LogP contribution is -2.31. The molecule has 6 heteroatoms. The van der Waals surface area contributed by atoms with Gasteiger partial charge in [-0.05, 0) is 12.1 Å². The van der Waals surface area contributed by atoms with Crippen LogP contribution in [0.15, 0.2) is 24.4 Å². The molecule has 98 valence electrons. The summed E-state index contributed by atoms with van der Waals surface area (Å²) < 4.78 is 0. The van der Waals surface area contributed by atoms with Crippen molar-refractivity contribution in [2.75, 3.05) is 13.1 Å². The minimum atomic E-state index is -0.361. The lowest BCUT2D eigenvalue weighted by Gasteiger charge is -2.20. The van der Waals surface area contributed by atoms with Crippen LogP contribution in [0.3, 0.4) is 0 Å². The molecule has 0 spiro atoms. The van der Waals surface area contributed by atoms with E-state index in [2.05, 4.69) is 4.98 Å². The summed E-state index contributed by atoms with van der Waals surface area (Å²) in [5, 5.41) is 0. The highest BCUT2D eigenvalue weighted by molar-refractivity contribution is 5.74. The van der Waals surface area contributed by atoms with Gasteiger partial charge in [-0.15, -0.1) is 0 Å². The lowest BCUT2D eigenvalue weighted by atomic mass is 10.2. The van der Waals surface area contributed by atoms with Crippen LogP contribution in [0.5, 0.6) is 0 Å². The number of carbonyl (C=O) groups excluding carboxylic acids is 2. The third-order valence-electron chi connectivity index (χ3n) is 2.46. The Bertz CT molecular complexity index is 376. The third kappa shape index (κ3) is 5.95. The maximum atomic E-state index is 10.8. The predicted molar refractivity (Wildman–Crippen MR) is 67.1 cm³/mol. The molecule has 6 nitrogen and oxygen atoms in total. The van der Waals surface area contributed by atoms with Gasteiger partial charge in [0.25, 0.3) is 0 Å². The Morgan fingerprint density at radius 1 is 1.11 bits per heavy atom. The highest BCUT2D eigenvalue weighted by atomic mass is 16.1. The van der Waals surface area contributed by atoms with Crippen LogP contribution in [0, 0.1) is 0 Å². The van der Waals surface area contributed by atoms with Crippen molar-refractivity contribution in [1.82, 2.24) is 9.88 Å². The zero-order chi connectivity index (χ0) is 13.4. The van der Waals surface area contributed by atoms with Gasteiger partial charge in [0.1, 0.15) is 0 Å². The van der Waals surface area contributed by atoms with Crippen LogP contribution in [-0.4, -0.2) is 34.8 Å². The summed E-state index contributed by atoms with van der Waals surface area (Å²) in [5.41, 5.74) is 11.1. The number of nitrogens with zero attached hydrogens (tertiary/aromatic N) is 2. The number of hydrogen-bond donors (Lipinski definition) is 2. The molecule has 1 aromatic heterocycles. The zero-order valence-corrected chi connectivity index (χ0v) is 10.2. The van der Waals surface area contributed by atoms with Gasteiger partial charge < -0.3 is 11.5 Å². The minimum absolute atomic E-state index is 0.256. The van der Waals surface area contributed by atoms with E-state index in [1.54, 1.807) is 6.20 Å². The summed E-state index contributed by atoms with van der Waals surface area (Å²) in [6.45, 7) is 1.57. The first-order chi connectivity index (χ1) is 8.58. The van der Waals surface area contributed by atoms with Crippen LogP contribution in [0.4, 0.5) is 0 Å². The number of pyridine rings is 1. The van der Waals surface area contributed by atoms with Crippen molar-refractivity contribution < 1.29 is 9.59 Å². The number of carbonyl (C=O) groups is 2. The van der Waals surface area contributed by atoms with E-state index in [0.717, 1.165) is 5.69 Å². The molecule has 2 amide bonds. The lowest BCUT2D eigenvalue weighted by molar-refractivity contribution is -0.118. The maximum Gasteiger partial charge on any atom is 0.218 e. The van der Waals surface area contributed by atoms with Crippen LogP contribution >= 0.6 is 0 Å². The van der Waals surface area contributed by atoms with Crippen molar-refractivity contribution in [3.05, 3.63) is 30.1 Å². The van der Waals surface area contributed by atoms with E-state index in [0.29, 0.717) is 19.6 Å². The fourth-order valence-electron chi connectivity index (χ4n) is 1.53. The highest BCUT2D eigenvalue weighted by Crippen LogP contribution is 2.03. The van der Waals surface area contributed by atoms with Crippen molar-refractivity contribution in [1.29, 1.82) is 0 Å². The normalized spacial score (nSPS) is 10.5. The average Bonchev–Trinajstić information content (AvgIpc) is 2.33. The molecule has 0 saturated carbocycles. The smallest absolute Gasteiger partial charge is 0.218 e. The van der Waals surface area contributed by atoms with Crippen molar-refractivity contribution in [3.63, 3.8) is 0 Å². The first kappa shape index (κ1) is 14.1. The Morgan fingerprint density at radius 3 is 2.17 bits per heavy atom. The van der Waals surface area contributed by atoms with Gasteiger partial charge >= 0.3 is 0 Å². The van der Waals surface area contributed by atoms with Crippen LogP contribution in [0.1, 0.15) is 18.5 Å². The van der Waals surface area contributed by atoms with E-state index in [1.807, 2.05) is 23.1 Å². The van der Waals surface area contributed by atoms with Gasteiger partial charge in [-0.1, -0.05) is 6.07 Å². The fraction of sp³-hybridized carbons (Fsp3) is 0.417. The number of amides is 2. The molecule has 0 aliphatic heterocycles. The summed E-state index contributed by atoms with van der Waals surface area (Å²) in [7, 11) is 0. The quantitative estimate of drug-likeness (QED) is 0.657. The maximum absolute atomic E-state index is 10.8. The molecule has 0 saturated heterocycles. The van der Waals surface area contributed by atoms with E-state index in [1.165, 1.54) is 0 Å². The SMILES string of the molecule is NC(=O)CCN(CCC(N)=O)Cc1ccccn1. The van der Waals surface area contributed by atoms with Crippen LogP contribution in [0.25, 0.3) is 0 Å². The van der Waals surface area contributed by atoms with E-state index in [9.17, 15) is 9.59 Å². The van der Waals surface area contributed by atoms with E-state index in [4.69, 9.17) is 11.5 Å². The van der Waals surface area contributed by atoms with E-state index < -0.39 is 0 Å². The number of aromatic nitrogens is 1. The van der Waals surface area contributed by atoms with Crippen molar-refractivity contribution in [2.45, 2.75) is 19.4 Å². The van der Waals surface area contributed by atoms with E-state index >= 15 is 0 Å². The van der Waals surface area contributed by atoms with Crippen LogP contribution < -0.4 is 11.5 Å². The number of nitrogens with two attached hydrogens (primary N) is 2. The molecular formula is C12H18N4O2. The summed E-state index contributed by atoms with van der Waals surface area (Å²) >= 11 is 0. The Morgan fingerprint density at radius 2 is 1.72 bits per heavy atom. The second-order valence-corrected chi connectivity index (χ2v) is 4.03. The van der Waals surface area contributed by atoms with Gasteiger partial charge in [-0.2, -0.15) is 0 Å². The molecule has 1 heterocycles. The van der Waals surface area contributed by atoms with Crippen molar-refractivity contribution >= 4 is 11.8 Å². The Labute approximate surface area is 106 Å². The molecule has 0 fully saturated rings. The van der Waals surface area contributed by atoms with Gasteiger partial charge in [-0.25, -0.2) is 0 Å². The summed E-state index contributed by atoms with van der Waals surface area (Å²) in [4.78, 5) is 27.7. The molecule has 0 aliphatic rings. The van der Waals surface area contributed by atoms with Crippen LogP contribution in [0.2, 0.25) is 0 Å². The van der Waals surface area contributed by atoms with E-state index in [-0.39, 0.29) is 24.7 Å². The topological polar surface area (TPSA) is 102 Å². The summed E-state index contributed by atoms with van der Waals surface area (Å²) in [6.07, 6.45) is 2.22. The molecule has 0 bridgehead atoms. The average molecular weight is 250 g/mol. The largest absolute Gasteiger partial charge is 0.370 e. The van der Waals surface area contributed by atoms with Gasteiger partial charge in [0.15, 0.2) is 0 Å². The fourth-order valence-corrected chi connectivity index (χ4v) is 1.53. The van der Waals surface area contributed by atoms with Crippen molar-refractivity contribution in [3.8, 4) is 0 Å². The minimum Gasteiger partial charge on any atom is -0.370 e. The Hall–Kier alpha value is -1.95. The Kier molecular flexibility index (Phi) is 5.79. The van der Waals surface area contributed by atoms with Gasteiger partial charge in [0.2, 0.25) is 11.8 Å². The summed E-state index contributed by atoms with van der Waals surface area (Å²) in [6, 6.07) is 5.62. The number of rotatable bonds is 8. The molecule has 1 aromatic rings. The third-order valence-corrected chi connectivity index (χ3v) is 2.46. The molecule has 0 aromatic carbocycles. The molecule has 0 atom stereocenters. The van der Waals surface area contributed by atoms with Crippen LogP contribution in [-0.2, 0) is 16.1 Å². The molecule has 0 aliphatic carbocycles. The molecule has 0 radical (unpaired) electrons. The molecule has 1 rings (SSSR count). The highest BCUT2D eigenvalue weighted by Gasteiger charge is 2.09. The number of hydrogen-bond acceptors (Lipinski definition) is 4. The van der Waals surface area contributed by atoms with Gasteiger partial charge in [0, 0.05) is 38.7 Å². The van der Waals surface area contributed by atoms with Gasteiger partial charge in [-0.3, -0.25) is 19.5 Å². The first-order valence-corrected chi connectivity index (χ1v) is 5.77. The molecular weight excluding hydrogens is 232 g/mol. The first-order valence-electron chi connectivity index (χ1n) is 5.77. The summed E-state index contributed by atoms with van der Waals surface area (Å²) in [5.74, 6) is -0.722. The monoisotopic (exact) mass is 250 g/mol. The number of primary amides is 2. The molecule has 0 unspecified atom stereocenters. The molecule has 4 N–H and O–H groups in total. The second-order valence-electron chi connectivity index (χ2n) is 4.03. The second kappa shape index (κ2) is 7.39. The predicted octanol–water partition coefficient (Wildman–Crippen LogP) is -0.366. The van der Waals surface area contributed by atoms with Gasteiger partial charge in [0.05, 0.1) is 5.69 Å². The zero-order valence-electron chi connectivity index (χ0n) is 10.2. The van der Waals surface area contributed by atoms with Crippen molar-refractivity contribution in [2.24, 2.45) is 11.5 Å². The molecule has 18 heavy (non-hydrogen) atoms.